The van der Waals surface area contributed by atoms with E-state index >= 15 is 0 Å². The average molecular weight is 399 g/mol. The number of carbonyl (C=O) groups is 2. The number of nitrogens with zero attached hydrogens (tertiary/aromatic N) is 1. The van der Waals surface area contributed by atoms with Crippen LogP contribution in [0.15, 0.2) is 91.0 Å². The van der Waals surface area contributed by atoms with Crippen molar-refractivity contribution in [1.29, 1.82) is 0 Å². The van der Waals surface area contributed by atoms with Gasteiger partial charge in [-0.3, -0.25) is 4.79 Å². The van der Waals surface area contributed by atoms with Crippen molar-refractivity contribution in [3.63, 3.8) is 0 Å². The lowest BCUT2D eigenvalue weighted by molar-refractivity contribution is -0.124. The zero-order valence-electron chi connectivity index (χ0n) is 16.3. The Morgan fingerprint density at radius 3 is 2.50 bits per heavy atom. The van der Waals surface area contributed by atoms with Crippen LogP contribution in [0.25, 0.3) is 6.08 Å². The van der Waals surface area contributed by atoms with E-state index in [9.17, 15) is 9.59 Å². The molecular weight excluding hydrogens is 378 g/mol. The van der Waals surface area contributed by atoms with E-state index in [-0.39, 0.29) is 6.61 Å². The fourth-order valence-corrected chi connectivity index (χ4v) is 3.28. The molecule has 1 atom stereocenters. The number of rotatable bonds is 6. The second-order valence-corrected chi connectivity index (χ2v) is 6.89. The van der Waals surface area contributed by atoms with Crippen molar-refractivity contribution in [3.05, 3.63) is 108 Å². The van der Waals surface area contributed by atoms with Gasteiger partial charge in [0.05, 0.1) is 0 Å². The summed E-state index contributed by atoms with van der Waals surface area (Å²) < 4.78 is 10.9. The predicted molar refractivity (Wildman–Crippen MR) is 114 cm³/mol. The molecule has 0 aromatic heterocycles. The van der Waals surface area contributed by atoms with Gasteiger partial charge in [0.1, 0.15) is 25.0 Å². The monoisotopic (exact) mass is 399 g/mol. The van der Waals surface area contributed by atoms with E-state index in [0.717, 1.165) is 21.6 Å². The highest BCUT2D eigenvalue weighted by molar-refractivity contribution is 6.02. The molecule has 150 valence electrons. The Hall–Kier alpha value is -3.86. The summed E-state index contributed by atoms with van der Waals surface area (Å²) >= 11 is 0. The minimum Gasteiger partial charge on any atom is -0.489 e. The minimum absolute atomic E-state index is 0.158. The van der Waals surface area contributed by atoms with Crippen LogP contribution in [0.3, 0.4) is 0 Å². The normalized spacial score (nSPS) is 15.9. The van der Waals surface area contributed by atoms with Crippen LogP contribution >= 0.6 is 0 Å². The van der Waals surface area contributed by atoms with Crippen LogP contribution < -0.4 is 4.74 Å². The van der Waals surface area contributed by atoms with E-state index in [2.05, 4.69) is 0 Å². The summed E-state index contributed by atoms with van der Waals surface area (Å²) in [4.78, 5) is 26.0. The van der Waals surface area contributed by atoms with Crippen LogP contribution in [0.4, 0.5) is 4.79 Å². The average Bonchev–Trinajstić information content (AvgIpc) is 3.19. The second-order valence-electron chi connectivity index (χ2n) is 6.89. The van der Waals surface area contributed by atoms with Gasteiger partial charge in [0.2, 0.25) is 0 Å². The first-order valence-electron chi connectivity index (χ1n) is 9.70. The van der Waals surface area contributed by atoms with Crippen molar-refractivity contribution in [3.8, 4) is 5.75 Å². The molecule has 1 saturated heterocycles. The lowest BCUT2D eigenvalue weighted by Crippen LogP contribution is -2.32. The molecule has 30 heavy (non-hydrogen) atoms. The number of hydrogen-bond donors (Lipinski definition) is 0. The highest BCUT2D eigenvalue weighted by Gasteiger charge is 2.37. The molecule has 0 N–H and O–H groups in total. The highest BCUT2D eigenvalue weighted by atomic mass is 16.6. The first-order chi connectivity index (χ1) is 14.7. The first kappa shape index (κ1) is 19.5. The van der Waals surface area contributed by atoms with Crippen LogP contribution in [-0.2, 0) is 16.1 Å². The van der Waals surface area contributed by atoms with Crippen LogP contribution in [0.2, 0.25) is 0 Å². The number of cyclic esters (lactones) is 1. The van der Waals surface area contributed by atoms with E-state index in [0.29, 0.717) is 12.4 Å². The Kier molecular flexibility index (Phi) is 5.90. The first-order valence-corrected chi connectivity index (χ1v) is 9.70. The van der Waals surface area contributed by atoms with Gasteiger partial charge in [-0.2, -0.15) is 0 Å². The Balaban J connectivity index is 1.44. The number of hydrogen-bond acceptors (Lipinski definition) is 4. The number of imide groups is 1. The second kappa shape index (κ2) is 9.09. The van der Waals surface area contributed by atoms with Crippen molar-refractivity contribution >= 4 is 18.1 Å². The Morgan fingerprint density at radius 1 is 1.00 bits per heavy atom. The van der Waals surface area contributed by atoms with Crippen LogP contribution in [-0.4, -0.2) is 23.5 Å². The molecule has 0 saturated carbocycles. The van der Waals surface area contributed by atoms with E-state index < -0.39 is 18.0 Å². The minimum atomic E-state index is -0.626. The van der Waals surface area contributed by atoms with Gasteiger partial charge >= 0.3 is 6.09 Å². The molecule has 2 amide bonds. The molecular formula is C25H21NO4. The zero-order valence-corrected chi connectivity index (χ0v) is 16.3. The molecule has 5 heteroatoms. The quantitative estimate of drug-likeness (QED) is 0.548. The summed E-state index contributed by atoms with van der Waals surface area (Å²) in [6.07, 6.45) is 2.43. The predicted octanol–water partition coefficient (Wildman–Crippen LogP) is 5.00. The summed E-state index contributed by atoms with van der Waals surface area (Å²) in [5.41, 5.74) is 2.74. The zero-order chi connectivity index (χ0) is 20.8. The molecule has 4 rings (SSSR count). The molecule has 0 spiro atoms. The SMILES string of the molecule is O=C(/C=C/c1cccc(OCc2ccccc2)c1)N1C(=O)OC[C@H]1c1ccccc1. The van der Waals surface area contributed by atoms with Crippen molar-refractivity contribution < 1.29 is 19.1 Å². The summed E-state index contributed by atoms with van der Waals surface area (Å²) in [6, 6.07) is 26.3. The third kappa shape index (κ3) is 4.58. The fourth-order valence-electron chi connectivity index (χ4n) is 3.28. The maximum absolute atomic E-state index is 12.7. The fraction of sp³-hybridized carbons (Fsp3) is 0.120. The lowest BCUT2D eigenvalue weighted by atomic mass is 10.1. The number of carbonyl (C=O) groups excluding carboxylic acids is 2. The summed E-state index contributed by atoms with van der Waals surface area (Å²) in [6.45, 7) is 0.622. The molecule has 1 heterocycles. The summed E-state index contributed by atoms with van der Waals surface area (Å²) in [7, 11) is 0. The van der Waals surface area contributed by atoms with Crippen molar-refractivity contribution in [2.45, 2.75) is 12.6 Å². The third-order valence-corrected chi connectivity index (χ3v) is 4.82. The molecule has 1 aliphatic heterocycles. The Morgan fingerprint density at radius 2 is 1.73 bits per heavy atom. The van der Waals surface area contributed by atoms with Crippen molar-refractivity contribution in [1.82, 2.24) is 4.90 Å². The molecule has 3 aromatic carbocycles. The molecule has 1 aliphatic rings. The van der Waals surface area contributed by atoms with Gasteiger partial charge in [0.15, 0.2) is 0 Å². The van der Waals surface area contributed by atoms with Gasteiger partial charge in [-0.15, -0.1) is 0 Å². The van der Waals surface area contributed by atoms with Gasteiger partial charge in [0, 0.05) is 6.08 Å². The van der Waals surface area contributed by atoms with Crippen LogP contribution in [0.5, 0.6) is 5.75 Å². The molecule has 0 unspecified atom stereocenters. The smallest absolute Gasteiger partial charge is 0.417 e. The molecule has 0 aliphatic carbocycles. The molecule has 0 radical (unpaired) electrons. The van der Waals surface area contributed by atoms with Gasteiger partial charge in [0.25, 0.3) is 5.91 Å². The molecule has 1 fully saturated rings. The largest absolute Gasteiger partial charge is 0.489 e. The van der Waals surface area contributed by atoms with Gasteiger partial charge in [-0.05, 0) is 34.9 Å². The molecule has 0 bridgehead atoms. The van der Waals surface area contributed by atoms with E-state index in [1.54, 1.807) is 6.08 Å². The Bertz CT molecular complexity index is 1050. The molecule has 5 nitrogen and oxygen atoms in total. The maximum atomic E-state index is 12.7. The highest BCUT2D eigenvalue weighted by Crippen LogP contribution is 2.28. The topological polar surface area (TPSA) is 55.8 Å². The number of amides is 2. The van der Waals surface area contributed by atoms with Gasteiger partial charge < -0.3 is 9.47 Å². The van der Waals surface area contributed by atoms with Crippen LogP contribution in [0.1, 0.15) is 22.7 Å². The number of ether oxygens (including phenoxy) is 2. The standard InChI is InChI=1S/C25H21NO4/c27-24(26-23(18-30-25(26)28)21-11-5-2-6-12-21)15-14-19-10-7-13-22(16-19)29-17-20-8-3-1-4-9-20/h1-16,23H,17-18H2/b15-14+/t23-/m0/s1. The van der Waals surface area contributed by atoms with E-state index in [1.165, 1.54) is 6.08 Å². The van der Waals surface area contributed by atoms with Gasteiger partial charge in [-0.1, -0.05) is 72.8 Å². The molecule has 3 aromatic rings. The van der Waals surface area contributed by atoms with E-state index in [4.69, 9.17) is 9.47 Å². The third-order valence-electron chi connectivity index (χ3n) is 4.82. The van der Waals surface area contributed by atoms with Crippen LogP contribution in [0, 0.1) is 0 Å². The van der Waals surface area contributed by atoms with Crippen molar-refractivity contribution in [2.75, 3.05) is 6.61 Å². The maximum Gasteiger partial charge on any atom is 0.417 e. The Labute approximate surface area is 175 Å². The number of benzene rings is 3. The van der Waals surface area contributed by atoms with Crippen molar-refractivity contribution in [2.24, 2.45) is 0 Å². The lowest BCUT2D eigenvalue weighted by Gasteiger charge is -2.18. The summed E-state index contributed by atoms with van der Waals surface area (Å²) in [5, 5.41) is 0. The van der Waals surface area contributed by atoms with Gasteiger partial charge in [-0.25, -0.2) is 9.69 Å². The summed E-state index contributed by atoms with van der Waals surface area (Å²) in [5.74, 6) is 0.290. The van der Waals surface area contributed by atoms with E-state index in [1.807, 2.05) is 84.9 Å².